The van der Waals surface area contributed by atoms with E-state index in [0.29, 0.717) is 6.54 Å². The number of oxime groups is 1. The molecule has 0 bridgehead atoms. The van der Waals surface area contributed by atoms with Gasteiger partial charge in [-0.1, -0.05) is 19.0 Å². The molecular formula is C9H21N3O2. The number of amidine groups is 1. The molecule has 0 fully saturated rings. The van der Waals surface area contributed by atoms with Crippen molar-refractivity contribution in [2.45, 2.75) is 33.3 Å². The van der Waals surface area contributed by atoms with Crippen LogP contribution in [0.2, 0.25) is 0 Å². The van der Waals surface area contributed by atoms with Crippen molar-refractivity contribution >= 4 is 5.84 Å². The van der Waals surface area contributed by atoms with Crippen LogP contribution in [0.4, 0.5) is 0 Å². The third-order valence-electron chi connectivity index (χ3n) is 2.17. The first-order valence-corrected chi connectivity index (χ1v) is 4.77. The van der Waals surface area contributed by atoms with E-state index in [9.17, 15) is 0 Å². The molecular weight excluding hydrogens is 182 g/mol. The largest absolute Gasteiger partial charge is 0.409 e. The smallest absolute Gasteiger partial charge is 0.144 e. The number of hydrogen-bond acceptors (Lipinski definition) is 4. The molecule has 5 N–H and O–H groups in total. The Labute approximate surface area is 85.0 Å². The summed E-state index contributed by atoms with van der Waals surface area (Å²) in [5.41, 5.74) is 5.20. The number of rotatable bonds is 6. The third-order valence-corrected chi connectivity index (χ3v) is 2.17. The van der Waals surface area contributed by atoms with Crippen LogP contribution in [0.25, 0.3) is 0 Å². The van der Waals surface area contributed by atoms with E-state index in [2.05, 4.69) is 10.5 Å². The van der Waals surface area contributed by atoms with Crippen molar-refractivity contribution < 1.29 is 10.3 Å². The first kappa shape index (κ1) is 13.2. The molecule has 0 spiro atoms. The minimum absolute atomic E-state index is 0.233. The SMILES string of the molecule is CC(O)CNCCC(C)(C)C(N)=NO. The molecule has 0 aromatic rings. The Morgan fingerprint density at radius 1 is 1.57 bits per heavy atom. The third kappa shape index (κ3) is 5.04. The van der Waals surface area contributed by atoms with Crippen molar-refractivity contribution in [3.05, 3.63) is 0 Å². The Hall–Kier alpha value is -0.810. The monoisotopic (exact) mass is 203 g/mol. The van der Waals surface area contributed by atoms with Crippen LogP contribution in [0.3, 0.4) is 0 Å². The van der Waals surface area contributed by atoms with E-state index >= 15 is 0 Å². The molecule has 1 unspecified atom stereocenters. The van der Waals surface area contributed by atoms with Gasteiger partial charge in [0.25, 0.3) is 0 Å². The fourth-order valence-corrected chi connectivity index (χ4v) is 0.975. The molecule has 5 heteroatoms. The van der Waals surface area contributed by atoms with Crippen molar-refractivity contribution in [3.8, 4) is 0 Å². The van der Waals surface area contributed by atoms with Crippen LogP contribution in [-0.2, 0) is 0 Å². The van der Waals surface area contributed by atoms with Crippen LogP contribution >= 0.6 is 0 Å². The fraction of sp³-hybridized carbons (Fsp3) is 0.889. The molecule has 0 aliphatic carbocycles. The summed E-state index contributed by atoms with van der Waals surface area (Å²) in [6.45, 7) is 6.83. The van der Waals surface area contributed by atoms with E-state index in [1.165, 1.54) is 0 Å². The molecule has 0 aromatic heterocycles. The number of hydrogen-bond donors (Lipinski definition) is 4. The summed E-state index contributed by atoms with van der Waals surface area (Å²) in [7, 11) is 0. The number of aliphatic hydroxyl groups excluding tert-OH is 1. The Morgan fingerprint density at radius 3 is 2.57 bits per heavy atom. The van der Waals surface area contributed by atoms with Gasteiger partial charge in [0.2, 0.25) is 0 Å². The molecule has 84 valence electrons. The first-order valence-electron chi connectivity index (χ1n) is 4.77. The quantitative estimate of drug-likeness (QED) is 0.162. The average Bonchev–Trinajstić information content (AvgIpc) is 2.10. The highest BCUT2D eigenvalue weighted by Gasteiger charge is 2.22. The second-order valence-corrected chi connectivity index (χ2v) is 4.17. The van der Waals surface area contributed by atoms with Crippen LogP contribution in [0, 0.1) is 5.41 Å². The summed E-state index contributed by atoms with van der Waals surface area (Å²) >= 11 is 0. The van der Waals surface area contributed by atoms with Gasteiger partial charge in [-0.25, -0.2) is 0 Å². The fourth-order valence-electron chi connectivity index (χ4n) is 0.975. The minimum atomic E-state index is -0.345. The van der Waals surface area contributed by atoms with Gasteiger partial charge in [-0.15, -0.1) is 0 Å². The van der Waals surface area contributed by atoms with Gasteiger partial charge in [-0.2, -0.15) is 0 Å². The van der Waals surface area contributed by atoms with E-state index < -0.39 is 0 Å². The van der Waals surface area contributed by atoms with Gasteiger partial charge in [0.1, 0.15) is 5.84 Å². The minimum Gasteiger partial charge on any atom is -0.409 e. The number of aliphatic hydroxyl groups is 1. The lowest BCUT2D eigenvalue weighted by Crippen LogP contribution is -2.36. The predicted molar refractivity (Wildman–Crippen MR) is 56.4 cm³/mol. The zero-order valence-corrected chi connectivity index (χ0v) is 9.12. The summed E-state index contributed by atoms with van der Waals surface area (Å²) in [4.78, 5) is 0. The Balaban J connectivity index is 3.77. The van der Waals surface area contributed by atoms with Crippen molar-refractivity contribution in [2.75, 3.05) is 13.1 Å². The summed E-state index contributed by atoms with van der Waals surface area (Å²) < 4.78 is 0. The van der Waals surface area contributed by atoms with Crippen molar-refractivity contribution in [1.29, 1.82) is 0 Å². The highest BCUT2D eigenvalue weighted by atomic mass is 16.4. The van der Waals surface area contributed by atoms with Gasteiger partial charge in [-0.05, 0) is 19.9 Å². The first-order chi connectivity index (χ1) is 6.40. The van der Waals surface area contributed by atoms with Gasteiger partial charge in [0, 0.05) is 12.0 Å². The van der Waals surface area contributed by atoms with Crippen LogP contribution in [0.15, 0.2) is 5.16 Å². The second-order valence-electron chi connectivity index (χ2n) is 4.17. The number of nitrogens with zero attached hydrogens (tertiary/aromatic N) is 1. The standard InChI is InChI=1S/C9H21N3O2/c1-7(13)6-11-5-4-9(2,3)8(10)12-14/h7,11,13-14H,4-6H2,1-3H3,(H2,10,12). The van der Waals surface area contributed by atoms with Crippen LogP contribution in [0.5, 0.6) is 0 Å². The van der Waals surface area contributed by atoms with Crippen LogP contribution < -0.4 is 11.1 Å². The zero-order chi connectivity index (χ0) is 11.2. The molecule has 14 heavy (non-hydrogen) atoms. The molecule has 0 heterocycles. The molecule has 0 saturated heterocycles. The summed E-state index contributed by atoms with van der Waals surface area (Å²) in [5, 5.41) is 23.6. The number of nitrogens with one attached hydrogen (secondary N) is 1. The maximum Gasteiger partial charge on any atom is 0.144 e. The summed E-state index contributed by atoms with van der Waals surface area (Å²) in [6, 6.07) is 0. The lowest BCUT2D eigenvalue weighted by molar-refractivity contribution is 0.190. The predicted octanol–water partition coefficient (Wildman–Crippen LogP) is 0.120. The van der Waals surface area contributed by atoms with Gasteiger partial charge >= 0.3 is 0 Å². The van der Waals surface area contributed by atoms with E-state index in [4.69, 9.17) is 16.0 Å². The van der Waals surface area contributed by atoms with Crippen LogP contribution in [-0.4, -0.2) is 35.3 Å². The van der Waals surface area contributed by atoms with Gasteiger partial charge in [0.05, 0.1) is 6.10 Å². The lowest BCUT2D eigenvalue weighted by atomic mass is 9.88. The summed E-state index contributed by atoms with van der Waals surface area (Å²) in [6.07, 6.45) is 0.414. The molecule has 0 aliphatic heterocycles. The molecule has 5 nitrogen and oxygen atoms in total. The molecule has 0 radical (unpaired) electrons. The highest BCUT2D eigenvalue weighted by Crippen LogP contribution is 2.19. The maximum atomic E-state index is 8.99. The topological polar surface area (TPSA) is 90.9 Å². The molecule has 0 amide bonds. The van der Waals surface area contributed by atoms with Gasteiger partial charge < -0.3 is 21.4 Å². The van der Waals surface area contributed by atoms with Crippen molar-refractivity contribution in [1.82, 2.24) is 5.32 Å². The Kier molecular flexibility index (Phi) is 5.49. The molecule has 0 aliphatic rings. The van der Waals surface area contributed by atoms with E-state index in [1.54, 1.807) is 6.92 Å². The normalized spacial score (nSPS) is 15.6. The van der Waals surface area contributed by atoms with E-state index in [1.807, 2.05) is 13.8 Å². The zero-order valence-electron chi connectivity index (χ0n) is 9.12. The van der Waals surface area contributed by atoms with Crippen molar-refractivity contribution in [2.24, 2.45) is 16.3 Å². The van der Waals surface area contributed by atoms with Crippen molar-refractivity contribution in [3.63, 3.8) is 0 Å². The molecule has 0 aromatic carbocycles. The maximum absolute atomic E-state index is 8.99. The molecule has 0 saturated carbocycles. The molecule has 0 rings (SSSR count). The summed E-state index contributed by atoms with van der Waals surface area (Å²) in [5.74, 6) is 0.233. The highest BCUT2D eigenvalue weighted by molar-refractivity contribution is 5.85. The number of nitrogens with two attached hydrogens (primary N) is 1. The lowest BCUT2D eigenvalue weighted by Gasteiger charge is -2.22. The van der Waals surface area contributed by atoms with E-state index in [0.717, 1.165) is 13.0 Å². The van der Waals surface area contributed by atoms with Crippen LogP contribution in [0.1, 0.15) is 27.2 Å². The van der Waals surface area contributed by atoms with E-state index in [-0.39, 0.29) is 17.4 Å². The Morgan fingerprint density at radius 2 is 2.14 bits per heavy atom. The Bertz CT molecular complexity index is 190. The molecule has 1 atom stereocenters. The van der Waals surface area contributed by atoms with Gasteiger partial charge in [0.15, 0.2) is 0 Å². The van der Waals surface area contributed by atoms with Gasteiger partial charge in [-0.3, -0.25) is 0 Å². The average molecular weight is 203 g/mol. The second kappa shape index (κ2) is 5.82.